The fraction of sp³-hybridized carbons (Fsp3) is 0.667. The molecule has 0 saturated heterocycles. The highest BCUT2D eigenvalue weighted by molar-refractivity contribution is 5.26. The topological polar surface area (TPSA) is 39.7 Å². The smallest absolute Gasteiger partial charge is 0.0381 e. The van der Waals surface area contributed by atoms with Crippen molar-refractivity contribution in [1.82, 2.24) is 15.5 Å². The lowest BCUT2D eigenvalue weighted by molar-refractivity contribution is 0.283. The van der Waals surface area contributed by atoms with Crippen LogP contribution in [0.25, 0.3) is 0 Å². The highest BCUT2D eigenvalue weighted by atomic mass is 15.1. The van der Waals surface area contributed by atoms with E-state index in [-0.39, 0.29) is 0 Å². The van der Waals surface area contributed by atoms with E-state index < -0.39 is 0 Å². The molecule has 4 heteroatoms. The summed E-state index contributed by atoms with van der Waals surface area (Å²) in [5.74, 6) is 0. The van der Waals surface area contributed by atoms with E-state index in [4.69, 9.17) is 0 Å². The highest BCUT2D eigenvalue weighted by Crippen LogP contribution is 2.01. The predicted octanol–water partition coefficient (Wildman–Crippen LogP) is 2.02. The fourth-order valence-electron chi connectivity index (χ4n) is 1.81. The lowest BCUT2D eigenvalue weighted by atomic mass is 10.2. The zero-order chi connectivity index (χ0) is 14.3. The Morgan fingerprint density at radius 2 is 2.00 bits per heavy atom. The Kier molecular flexibility index (Phi) is 12.5. The number of rotatable bonds is 12. The molecule has 0 spiro atoms. The molecule has 0 radical (unpaired) electrons. The maximum Gasteiger partial charge on any atom is 0.0381 e. The summed E-state index contributed by atoms with van der Waals surface area (Å²) < 4.78 is 0. The summed E-state index contributed by atoms with van der Waals surface area (Å²) in [6, 6.07) is 0. The van der Waals surface area contributed by atoms with Gasteiger partial charge in [0, 0.05) is 25.5 Å². The summed E-state index contributed by atoms with van der Waals surface area (Å²) in [4.78, 5) is 6.20. The molecule has 0 bridgehead atoms. The average Bonchev–Trinajstić information content (AvgIpc) is 2.43. The van der Waals surface area contributed by atoms with Crippen LogP contribution in [0.3, 0.4) is 0 Å². The second-order valence-corrected chi connectivity index (χ2v) is 4.55. The van der Waals surface area contributed by atoms with Crippen molar-refractivity contribution in [2.75, 3.05) is 40.3 Å². The number of unbranched alkanes of at least 4 members (excludes halogenated alkanes) is 1. The van der Waals surface area contributed by atoms with Gasteiger partial charge in [0.1, 0.15) is 0 Å². The second-order valence-electron chi connectivity index (χ2n) is 4.55. The van der Waals surface area contributed by atoms with Gasteiger partial charge in [0.2, 0.25) is 0 Å². The van der Waals surface area contributed by atoms with Crippen molar-refractivity contribution in [2.24, 2.45) is 4.99 Å². The van der Waals surface area contributed by atoms with E-state index in [1.54, 1.807) is 6.20 Å². The van der Waals surface area contributed by atoms with Gasteiger partial charge in [0.25, 0.3) is 0 Å². The molecular formula is C15H30N4. The van der Waals surface area contributed by atoms with E-state index in [1.807, 2.05) is 20.2 Å². The second kappa shape index (κ2) is 13.3. The van der Waals surface area contributed by atoms with Gasteiger partial charge < -0.3 is 10.6 Å². The zero-order valence-corrected chi connectivity index (χ0v) is 12.8. The summed E-state index contributed by atoms with van der Waals surface area (Å²) >= 11 is 0. The first kappa shape index (κ1) is 17.9. The van der Waals surface area contributed by atoms with Gasteiger partial charge in [0.05, 0.1) is 0 Å². The molecule has 0 atom stereocenters. The van der Waals surface area contributed by atoms with Crippen LogP contribution in [0.2, 0.25) is 0 Å². The van der Waals surface area contributed by atoms with Gasteiger partial charge in [-0.2, -0.15) is 0 Å². The van der Waals surface area contributed by atoms with Crippen LogP contribution in [0.1, 0.15) is 26.2 Å². The van der Waals surface area contributed by atoms with E-state index in [9.17, 15) is 0 Å². The minimum absolute atomic E-state index is 0.960. The third-order valence-electron chi connectivity index (χ3n) is 2.93. The van der Waals surface area contributed by atoms with Gasteiger partial charge >= 0.3 is 0 Å². The molecule has 0 aromatic rings. The average molecular weight is 266 g/mol. The number of allylic oxidation sites excluding steroid dienone is 2. The third-order valence-corrected chi connectivity index (χ3v) is 2.93. The molecule has 0 heterocycles. The minimum Gasteiger partial charge on any atom is -0.390 e. The molecule has 0 aliphatic heterocycles. The van der Waals surface area contributed by atoms with Crippen molar-refractivity contribution < 1.29 is 0 Å². The zero-order valence-electron chi connectivity index (χ0n) is 12.8. The number of nitrogens with zero attached hydrogens (tertiary/aromatic N) is 2. The van der Waals surface area contributed by atoms with Gasteiger partial charge in [-0.05, 0) is 58.4 Å². The number of aliphatic imine (C=N–C) groups is 1. The molecular weight excluding hydrogens is 236 g/mol. The third kappa shape index (κ3) is 10.5. The summed E-state index contributed by atoms with van der Waals surface area (Å²) in [6.45, 7) is 9.98. The number of nitrogens with one attached hydrogen (secondary N) is 2. The first-order valence-electron chi connectivity index (χ1n) is 7.14. The maximum atomic E-state index is 3.71. The maximum absolute atomic E-state index is 3.71. The first-order chi connectivity index (χ1) is 9.28. The number of hydrogen-bond acceptors (Lipinski definition) is 4. The Balaban J connectivity index is 4.34. The SMILES string of the molecule is C=N/C=C\C=C(/CN(CCCC)CCCNC)NC. The van der Waals surface area contributed by atoms with E-state index in [2.05, 4.69) is 40.2 Å². The van der Waals surface area contributed by atoms with E-state index in [0.29, 0.717) is 0 Å². The molecule has 4 nitrogen and oxygen atoms in total. The summed E-state index contributed by atoms with van der Waals surface area (Å²) in [5.41, 5.74) is 1.21. The van der Waals surface area contributed by atoms with Crippen LogP contribution in [0.15, 0.2) is 29.0 Å². The van der Waals surface area contributed by atoms with Crippen LogP contribution >= 0.6 is 0 Å². The van der Waals surface area contributed by atoms with Gasteiger partial charge in [-0.15, -0.1) is 0 Å². The summed E-state index contributed by atoms with van der Waals surface area (Å²) in [6.07, 6.45) is 9.36. The van der Waals surface area contributed by atoms with Crippen molar-refractivity contribution in [1.29, 1.82) is 0 Å². The molecule has 110 valence electrons. The fourth-order valence-corrected chi connectivity index (χ4v) is 1.81. The van der Waals surface area contributed by atoms with E-state index in [1.165, 1.54) is 25.0 Å². The molecule has 19 heavy (non-hydrogen) atoms. The molecule has 0 aromatic heterocycles. The van der Waals surface area contributed by atoms with E-state index >= 15 is 0 Å². The monoisotopic (exact) mass is 266 g/mol. The highest BCUT2D eigenvalue weighted by Gasteiger charge is 2.05. The van der Waals surface area contributed by atoms with Crippen molar-refractivity contribution >= 4 is 6.72 Å². The molecule has 0 saturated carbocycles. The Morgan fingerprint density at radius 1 is 1.26 bits per heavy atom. The molecule has 0 fully saturated rings. The van der Waals surface area contributed by atoms with Gasteiger partial charge in [-0.1, -0.05) is 13.3 Å². The Labute approximate surface area is 118 Å². The van der Waals surface area contributed by atoms with Crippen molar-refractivity contribution in [2.45, 2.75) is 26.2 Å². The van der Waals surface area contributed by atoms with Crippen LogP contribution in [0.4, 0.5) is 0 Å². The molecule has 0 unspecified atom stereocenters. The summed E-state index contributed by atoms with van der Waals surface area (Å²) in [5, 5.41) is 6.45. The van der Waals surface area contributed by atoms with E-state index in [0.717, 1.165) is 26.2 Å². The van der Waals surface area contributed by atoms with Crippen molar-refractivity contribution in [3.05, 3.63) is 24.0 Å². The first-order valence-corrected chi connectivity index (χ1v) is 7.14. The normalized spacial score (nSPS) is 12.3. The Hall–Kier alpha value is -1.13. The van der Waals surface area contributed by atoms with Gasteiger partial charge in [0.15, 0.2) is 0 Å². The Bertz CT molecular complexity index is 271. The van der Waals surface area contributed by atoms with Crippen molar-refractivity contribution in [3.8, 4) is 0 Å². The molecule has 0 aliphatic carbocycles. The van der Waals surface area contributed by atoms with Crippen LogP contribution < -0.4 is 10.6 Å². The van der Waals surface area contributed by atoms with Gasteiger partial charge in [-0.25, -0.2) is 0 Å². The molecule has 0 aliphatic rings. The summed E-state index contributed by atoms with van der Waals surface area (Å²) in [7, 11) is 3.97. The molecule has 0 amide bonds. The lowest BCUT2D eigenvalue weighted by Gasteiger charge is -2.23. The van der Waals surface area contributed by atoms with Crippen LogP contribution in [-0.2, 0) is 0 Å². The minimum atomic E-state index is 0.960. The van der Waals surface area contributed by atoms with Crippen LogP contribution in [0.5, 0.6) is 0 Å². The standard InChI is InChI=1S/C15H30N4/c1-5-6-12-19(13-8-11-17-3)14-15(18-4)9-7-10-16-2/h7,9-10,17-18H,2,5-6,8,11-14H2,1,3-4H3/b10-7-,15-9+. The quantitative estimate of drug-likeness (QED) is 0.322. The largest absolute Gasteiger partial charge is 0.390 e. The number of hydrogen-bond donors (Lipinski definition) is 2. The van der Waals surface area contributed by atoms with Gasteiger partial charge in [-0.3, -0.25) is 9.89 Å². The Morgan fingerprint density at radius 3 is 2.58 bits per heavy atom. The predicted molar refractivity (Wildman–Crippen MR) is 85.7 cm³/mol. The van der Waals surface area contributed by atoms with Crippen LogP contribution in [0, 0.1) is 0 Å². The molecule has 0 aromatic carbocycles. The number of likely N-dealkylation sites (N-methyl/N-ethyl adjacent to an activating group) is 1. The molecule has 0 rings (SSSR count). The van der Waals surface area contributed by atoms with Crippen LogP contribution in [-0.4, -0.2) is 51.9 Å². The lowest BCUT2D eigenvalue weighted by Crippen LogP contribution is -2.32. The van der Waals surface area contributed by atoms with Crippen molar-refractivity contribution in [3.63, 3.8) is 0 Å². The molecule has 2 N–H and O–H groups in total.